The first kappa shape index (κ1) is 18.2. The molecule has 0 spiro atoms. The van der Waals surface area contributed by atoms with Crippen molar-refractivity contribution >= 4 is 23.2 Å². The Bertz CT molecular complexity index is 726. The zero-order valence-corrected chi connectivity index (χ0v) is 15.6. The van der Waals surface area contributed by atoms with Gasteiger partial charge in [-0.1, -0.05) is 0 Å². The summed E-state index contributed by atoms with van der Waals surface area (Å²) in [5.41, 5.74) is 1.34. The van der Waals surface area contributed by atoms with E-state index in [1.165, 1.54) is 0 Å². The molecule has 4 rings (SSSR count). The first-order valence-electron chi connectivity index (χ1n) is 9.81. The summed E-state index contributed by atoms with van der Waals surface area (Å²) in [4.78, 5) is 25.5. The highest BCUT2D eigenvalue weighted by molar-refractivity contribution is 5.76. The number of oxazole rings is 1. The van der Waals surface area contributed by atoms with Gasteiger partial charge in [0, 0.05) is 51.9 Å². The minimum absolute atomic E-state index is 0.134. The molecule has 4 heterocycles. The lowest BCUT2D eigenvalue weighted by molar-refractivity contribution is -0.122. The molecule has 1 unspecified atom stereocenters. The molecule has 146 valence electrons. The van der Waals surface area contributed by atoms with Crippen LogP contribution in [0.4, 0.5) is 6.01 Å². The van der Waals surface area contributed by atoms with E-state index in [-0.39, 0.29) is 5.91 Å². The fourth-order valence-corrected chi connectivity index (χ4v) is 3.81. The number of pyridine rings is 1. The second kappa shape index (κ2) is 8.67. The molecule has 1 amide bonds. The van der Waals surface area contributed by atoms with E-state index in [2.05, 4.69) is 25.1 Å². The highest BCUT2D eigenvalue weighted by atomic mass is 16.5. The van der Waals surface area contributed by atoms with Gasteiger partial charge >= 0.3 is 0 Å². The number of rotatable bonds is 6. The number of morpholine rings is 1. The van der Waals surface area contributed by atoms with Crippen LogP contribution in [0.5, 0.6) is 0 Å². The third-order valence-corrected chi connectivity index (χ3v) is 5.27. The molecular formula is C19H27N5O3. The van der Waals surface area contributed by atoms with Gasteiger partial charge in [-0.25, -0.2) is 4.98 Å². The van der Waals surface area contributed by atoms with E-state index >= 15 is 0 Å². The maximum atomic E-state index is 12.3. The van der Waals surface area contributed by atoms with Gasteiger partial charge in [-0.05, 0) is 30.9 Å². The highest BCUT2D eigenvalue weighted by Gasteiger charge is 2.25. The van der Waals surface area contributed by atoms with Crippen LogP contribution in [0.25, 0.3) is 11.2 Å². The van der Waals surface area contributed by atoms with Crippen molar-refractivity contribution in [3.63, 3.8) is 0 Å². The van der Waals surface area contributed by atoms with Gasteiger partial charge in [0.05, 0.1) is 13.2 Å². The minimum Gasteiger partial charge on any atom is -0.422 e. The van der Waals surface area contributed by atoms with Gasteiger partial charge in [-0.2, -0.15) is 4.98 Å². The highest BCUT2D eigenvalue weighted by Crippen LogP contribution is 2.26. The number of piperidine rings is 1. The van der Waals surface area contributed by atoms with Gasteiger partial charge in [0.15, 0.2) is 5.58 Å². The van der Waals surface area contributed by atoms with E-state index in [0.717, 1.165) is 58.8 Å². The third-order valence-electron chi connectivity index (χ3n) is 5.27. The number of hydrogen-bond donors (Lipinski definition) is 1. The maximum absolute atomic E-state index is 12.3. The Kier molecular flexibility index (Phi) is 5.84. The molecule has 0 bridgehead atoms. The van der Waals surface area contributed by atoms with Crippen LogP contribution >= 0.6 is 0 Å². The zero-order chi connectivity index (χ0) is 18.5. The molecule has 27 heavy (non-hydrogen) atoms. The number of ether oxygens (including phenoxy) is 1. The molecule has 1 atom stereocenters. The quantitative estimate of drug-likeness (QED) is 0.816. The number of nitrogens with zero attached hydrogens (tertiary/aromatic N) is 4. The van der Waals surface area contributed by atoms with Crippen molar-refractivity contribution < 1.29 is 13.9 Å². The van der Waals surface area contributed by atoms with Gasteiger partial charge in [-0.15, -0.1) is 0 Å². The van der Waals surface area contributed by atoms with Crippen molar-refractivity contribution in [1.82, 2.24) is 20.2 Å². The molecule has 8 nitrogen and oxygen atoms in total. The van der Waals surface area contributed by atoms with Crippen LogP contribution in [0.15, 0.2) is 22.7 Å². The summed E-state index contributed by atoms with van der Waals surface area (Å²) in [6.45, 7) is 6.77. The molecule has 2 saturated heterocycles. The monoisotopic (exact) mass is 373 g/mol. The summed E-state index contributed by atoms with van der Waals surface area (Å²) in [6.07, 6.45) is 4.37. The van der Waals surface area contributed by atoms with Crippen molar-refractivity contribution in [1.29, 1.82) is 0 Å². The summed E-state index contributed by atoms with van der Waals surface area (Å²) in [6, 6.07) is 4.33. The van der Waals surface area contributed by atoms with Crippen LogP contribution in [0.2, 0.25) is 0 Å². The second-order valence-electron chi connectivity index (χ2n) is 7.28. The summed E-state index contributed by atoms with van der Waals surface area (Å²) in [5.74, 6) is 0.458. The third kappa shape index (κ3) is 4.75. The molecule has 0 radical (unpaired) electrons. The predicted octanol–water partition coefficient (Wildman–Crippen LogP) is 1.28. The maximum Gasteiger partial charge on any atom is 0.299 e. The summed E-state index contributed by atoms with van der Waals surface area (Å²) in [5, 5.41) is 3.06. The van der Waals surface area contributed by atoms with Crippen LogP contribution in [-0.2, 0) is 9.53 Å². The standard InChI is InChI=1S/C19H27N5O3/c25-17(20-6-8-23-9-11-26-12-10-23)13-15-3-2-7-24(14-15)19-22-18-16(27-19)4-1-5-21-18/h1,4-5,15H,2-3,6-14H2,(H,20,25). The van der Waals surface area contributed by atoms with E-state index < -0.39 is 0 Å². The van der Waals surface area contributed by atoms with E-state index in [1.807, 2.05) is 12.1 Å². The normalized spacial score (nSPS) is 21.5. The summed E-state index contributed by atoms with van der Waals surface area (Å²) in [7, 11) is 0. The van der Waals surface area contributed by atoms with Gasteiger partial charge in [0.2, 0.25) is 11.6 Å². The topological polar surface area (TPSA) is 83.7 Å². The van der Waals surface area contributed by atoms with Crippen molar-refractivity contribution in [2.24, 2.45) is 5.92 Å². The molecule has 2 aliphatic rings. The average molecular weight is 373 g/mol. The predicted molar refractivity (Wildman–Crippen MR) is 102 cm³/mol. The number of carbonyl (C=O) groups excluding carboxylic acids is 1. The van der Waals surface area contributed by atoms with Gasteiger partial charge in [0.25, 0.3) is 6.01 Å². The second-order valence-corrected chi connectivity index (χ2v) is 7.28. The summed E-state index contributed by atoms with van der Waals surface area (Å²) >= 11 is 0. The van der Waals surface area contributed by atoms with Crippen LogP contribution in [0.1, 0.15) is 19.3 Å². The Hall–Kier alpha value is -2.19. The van der Waals surface area contributed by atoms with E-state index in [1.54, 1.807) is 6.20 Å². The Morgan fingerprint density at radius 3 is 3.04 bits per heavy atom. The van der Waals surface area contributed by atoms with Crippen molar-refractivity contribution in [2.75, 3.05) is 57.4 Å². The minimum atomic E-state index is 0.134. The van der Waals surface area contributed by atoms with E-state index in [4.69, 9.17) is 9.15 Å². The molecule has 0 aliphatic carbocycles. The molecule has 2 aliphatic heterocycles. The van der Waals surface area contributed by atoms with Gasteiger partial charge in [0.1, 0.15) is 0 Å². The first-order valence-corrected chi connectivity index (χ1v) is 9.81. The molecule has 8 heteroatoms. The average Bonchev–Trinajstić information content (AvgIpc) is 3.13. The molecule has 0 saturated carbocycles. The van der Waals surface area contributed by atoms with Crippen molar-refractivity contribution in [3.05, 3.63) is 18.3 Å². The van der Waals surface area contributed by atoms with E-state index in [9.17, 15) is 4.79 Å². The Balaban J connectivity index is 1.24. The molecule has 2 aromatic rings. The van der Waals surface area contributed by atoms with E-state index in [0.29, 0.717) is 36.1 Å². The Morgan fingerprint density at radius 2 is 2.19 bits per heavy atom. The lowest BCUT2D eigenvalue weighted by Gasteiger charge is -2.31. The first-order chi connectivity index (χ1) is 13.3. The largest absolute Gasteiger partial charge is 0.422 e. The number of nitrogens with one attached hydrogen (secondary N) is 1. The number of fused-ring (bicyclic) bond motifs is 1. The number of carbonyl (C=O) groups is 1. The molecule has 2 fully saturated rings. The van der Waals surface area contributed by atoms with Gasteiger partial charge in [-0.3, -0.25) is 9.69 Å². The summed E-state index contributed by atoms with van der Waals surface area (Å²) < 4.78 is 11.2. The fourth-order valence-electron chi connectivity index (χ4n) is 3.81. The van der Waals surface area contributed by atoms with Crippen LogP contribution in [0.3, 0.4) is 0 Å². The van der Waals surface area contributed by atoms with Gasteiger partial charge < -0.3 is 19.4 Å². The molecule has 0 aromatic carbocycles. The fraction of sp³-hybridized carbons (Fsp3) is 0.632. The van der Waals surface area contributed by atoms with Crippen LogP contribution in [-0.4, -0.2) is 73.3 Å². The smallest absolute Gasteiger partial charge is 0.299 e. The lowest BCUT2D eigenvalue weighted by atomic mass is 9.94. The number of aromatic nitrogens is 2. The SMILES string of the molecule is O=C(CC1CCCN(c2nc3ncccc3o2)C1)NCCN1CCOCC1. The molecular weight excluding hydrogens is 346 g/mol. The Morgan fingerprint density at radius 1 is 1.30 bits per heavy atom. The Labute approximate surface area is 158 Å². The number of anilines is 1. The molecule has 1 N–H and O–H groups in total. The molecule has 2 aromatic heterocycles. The zero-order valence-electron chi connectivity index (χ0n) is 15.6. The van der Waals surface area contributed by atoms with Crippen molar-refractivity contribution in [2.45, 2.75) is 19.3 Å². The lowest BCUT2D eigenvalue weighted by Crippen LogP contribution is -2.42. The number of hydrogen-bond acceptors (Lipinski definition) is 7. The number of amides is 1. The van der Waals surface area contributed by atoms with Crippen LogP contribution in [0, 0.1) is 5.92 Å². The van der Waals surface area contributed by atoms with Crippen LogP contribution < -0.4 is 10.2 Å². The van der Waals surface area contributed by atoms with Crippen molar-refractivity contribution in [3.8, 4) is 0 Å².